The number of hydrogen-bond donors (Lipinski definition) is 2. The Morgan fingerprint density at radius 3 is 2.55 bits per heavy atom. The lowest BCUT2D eigenvalue weighted by Gasteiger charge is -2.43. The lowest BCUT2D eigenvalue weighted by Crippen LogP contribution is -2.42. The molecule has 1 aliphatic heterocycles. The SMILES string of the molecule is COc1cc([C@@H]2C(C#N)=C(N)N(c3ccccc3)C3=C2C(=O)CC(C)(C)C3)ccc1O. The summed E-state index contributed by atoms with van der Waals surface area (Å²) < 4.78 is 5.27. The number of rotatable bonds is 3. The number of anilines is 1. The van der Waals surface area contributed by atoms with E-state index in [9.17, 15) is 15.2 Å². The number of nitriles is 1. The minimum absolute atomic E-state index is 0.00414. The number of allylic oxidation sites excluding steroid dienone is 3. The van der Waals surface area contributed by atoms with Gasteiger partial charge in [-0.05, 0) is 41.7 Å². The van der Waals surface area contributed by atoms with Crippen molar-refractivity contribution < 1.29 is 14.6 Å². The van der Waals surface area contributed by atoms with Crippen molar-refractivity contribution in [3.05, 3.63) is 76.8 Å². The Kier molecular flexibility index (Phi) is 4.98. The number of ether oxygens (including phenoxy) is 1. The third kappa shape index (κ3) is 3.42. The molecule has 2 aliphatic rings. The monoisotopic (exact) mass is 415 g/mol. The predicted octanol–water partition coefficient (Wildman–Crippen LogP) is 4.34. The molecular weight excluding hydrogens is 390 g/mol. The molecular formula is C25H25N3O3. The number of para-hydroxylation sites is 1. The minimum Gasteiger partial charge on any atom is -0.504 e. The average molecular weight is 415 g/mol. The number of aromatic hydroxyl groups is 1. The van der Waals surface area contributed by atoms with E-state index in [1.165, 1.54) is 13.2 Å². The molecule has 2 aromatic carbocycles. The number of nitrogens with zero attached hydrogens (tertiary/aromatic N) is 2. The number of nitrogens with two attached hydrogens (primary N) is 1. The summed E-state index contributed by atoms with van der Waals surface area (Å²) in [7, 11) is 1.46. The van der Waals surface area contributed by atoms with E-state index in [-0.39, 0.29) is 22.7 Å². The number of phenols is 1. The number of methoxy groups -OCH3 is 1. The maximum atomic E-state index is 13.5. The normalized spacial score (nSPS) is 20.4. The first-order chi connectivity index (χ1) is 14.8. The van der Waals surface area contributed by atoms with Gasteiger partial charge in [-0.15, -0.1) is 0 Å². The summed E-state index contributed by atoms with van der Waals surface area (Å²) in [5.41, 5.74) is 9.57. The van der Waals surface area contributed by atoms with E-state index in [0.29, 0.717) is 35.4 Å². The molecule has 0 radical (unpaired) electrons. The maximum Gasteiger partial charge on any atom is 0.162 e. The van der Waals surface area contributed by atoms with Crippen LogP contribution in [0.4, 0.5) is 5.69 Å². The van der Waals surface area contributed by atoms with Crippen molar-refractivity contribution in [3.63, 3.8) is 0 Å². The van der Waals surface area contributed by atoms with Crippen molar-refractivity contribution in [1.82, 2.24) is 0 Å². The second-order valence-corrected chi connectivity index (χ2v) is 8.75. The van der Waals surface area contributed by atoms with Crippen LogP contribution in [0.2, 0.25) is 0 Å². The van der Waals surface area contributed by atoms with Crippen LogP contribution in [0.15, 0.2) is 71.2 Å². The zero-order valence-corrected chi connectivity index (χ0v) is 17.8. The van der Waals surface area contributed by atoms with Gasteiger partial charge in [-0.25, -0.2) is 0 Å². The van der Waals surface area contributed by atoms with Crippen LogP contribution in [0.5, 0.6) is 11.5 Å². The van der Waals surface area contributed by atoms with Gasteiger partial charge >= 0.3 is 0 Å². The van der Waals surface area contributed by atoms with Crippen molar-refractivity contribution in [3.8, 4) is 17.6 Å². The molecule has 0 spiro atoms. The summed E-state index contributed by atoms with van der Waals surface area (Å²) >= 11 is 0. The Balaban J connectivity index is 2.00. The third-order valence-corrected chi connectivity index (χ3v) is 5.93. The van der Waals surface area contributed by atoms with Gasteiger partial charge in [0.05, 0.1) is 24.7 Å². The quantitative estimate of drug-likeness (QED) is 0.773. The highest BCUT2D eigenvalue weighted by Gasteiger charge is 2.44. The molecule has 0 bridgehead atoms. The summed E-state index contributed by atoms with van der Waals surface area (Å²) in [4.78, 5) is 15.3. The summed E-state index contributed by atoms with van der Waals surface area (Å²) in [5.74, 6) is -0.0177. The molecule has 1 aliphatic carbocycles. The summed E-state index contributed by atoms with van der Waals surface area (Å²) in [6, 6.07) is 16.7. The van der Waals surface area contributed by atoms with Gasteiger partial charge in [0, 0.05) is 23.4 Å². The van der Waals surface area contributed by atoms with Crippen LogP contribution in [0.1, 0.15) is 38.2 Å². The Labute approximate surface area is 181 Å². The average Bonchev–Trinajstić information content (AvgIpc) is 2.73. The first-order valence-electron chi connectivity index (χ1n) is 10.2. The van der Waals surface area contributed by atoms with Crippen LogP contribution in [0.25, 0.3) is 0 Å². The van der Waals surface area contributed by atoms with Crippen LogP contribution in [0, 0.1) is 16.7 Å². The van der Waals surface area contributed by atoms with E-state index in [1.807, 2.05) is 35.2 Å². The van der Waals surface area contributed by atoms with Gasteiger partial charge in [-0.1, -0.05) is 38.1 Å². The first kappa shape index (κ1) is 20.5. The van der Waals surface area contributed by atoms with E-state index >= 15 is 0 Å². The highest BCUT2D eigenvalue weighted by atomic mass is 16.5. The van der Waals surface area contributed by atoms with Crippen LogP contribution in [0.3, 0.4) is 0 Å². The van der Waals surface area contributed by atoms with Gasteiger partial charge in [0.15, 0.2) is 17.3 Å². The minimum atomic E-state index is -0.613. The highest BCUT2D eigenvalue weighted by Crippen LogP contribution is 2.50. The van der Waals surface area contributed by atoms with Crippen molar-refractivity contribution in [2.45, 2.75) is 32.6 Å². The van der Waals surface area contributed by atoms with Crippen LogP contribution >= 0.6 is 0 Å². The molecule has 0 aromatic heterocycles. The number of ketones is 1. The number of carbonyl (C=O) groups excluding carboxylic acids is 1. The highest BCUT2D eigenvalue weighted by molar-refractivity contribution is 6.01. The van der Waals surface area contributed by atoms with E-state index in [4.69, 9.17) is 10.5 Å². The smallest absolute Gasteiger partial charge is 0.162 e. The Morgan fingerprint density at radius 2 is 1.90 bits per heavy atom. The van der Waals surface area contributed by atoms with E-state index in [2.05, 4.69) is 19.9 Å². The summed E-state index contributed by atoms with van der Waals surface area (Å²) in [5, 5.41) is 20.1. The molecule has 1 heterocycles. The molecule has 4 rings (SSSR count). The van der Waals surface area contributed by atoms with E-state index in [1.54, 1.807) is 12.1 Å². The summed E-state index contributed by atoms with van der Waals surface area (Å²) in [6.45, 7) is 4.13. The zero-order valence-electron chi connectivity index (χ0n) is 17.8. The molecule has 6 heteroatoms. The largest absolute Gasteiger partial charge is 0.504 e. The lowest BCUT2D eigenvalue weighted by molar-refractivity contribution is -0.118. The van der Waals surface area contributed by atoms with Gasteiger partial charge in [-0.2, -0.15) is 5.26 Å². The third-order valence-electron chi connectivity index (χ3n) is 5.93. The molecule has 3 N–H and O–H groups in total. The molecule has 0 fully saturated rings. The zero-order chi connectivity index (χ0) is 22.3. The van der Waals surface area contributed by atoms with Gasteiger partial charge in [0.1, 0.15) is 5.82 Å². The lowest BCUT2D eigenvalue weighted by atomic mass is 9.68. The maximum absolute atomic E-state index is 13.5. The molecule has 2 aromatic rings. The fourth-order valence-corrected chi connectivity index (χ4v) is 4.59. The van der Waals surface area contributed by atoms with Crippen molar-refractivity contribution in [2.24, 2.45) is 11.1 Å². The molecule has 0 amide bonds. The second kappa shape index (κ2) is 7.51. The van der Waals surface area contributed by atoms with Crippen molar-refractivity contribution in [2.75, 3.05) is 12.0 Å². The predicted molar refractivity (Wildman–Crippen MR) is 118 cm³/mol. The van der Waals surface area contributed by atoms with E-state index < -0.39 is 5.92 Å². The van der Waals surface area contributed by atoms with Gasteiger partial charge in [0.2, 0.25) is 0 Å². The topological polar surface area (TPSA) is 99.6 Å². The molecule has 0 saturated carbocycles. The van der Waals surface area contributed by atoms with Crippen molar-refractivity contribution >= 4 is 11.5 Å². The van der Waals surface area contributed by atoms with Gasteiger partial charge in [0.25, 0.3) is 0 Å². The number of benzene rings is 2. The van der Waals surface area contributed by atoms with Crippen molar-refractivity contribution in [1.29, 1.82) is 5.26 Å². The fraction of sp³-hybridized carbons (Fsp3) is 0.280. The number of hydrogen-bond acceptors (Lipinski definition) is 6. The molecule has 1 atom stereocenters. The number of carbonyl (C=O) groups is 1. The fourth-order valence-electron chi connectivity index (χ4n) is 4.59. The van der Waals surface area contributed by atoms with E-state index in [0.717, 1.165) is 11.4 Å². The van der Waals surface area contributed by atoms with Gasteiger partial charge in [-0.3, -0.25) is 9.69 Å². The van der Waals surface area contributed by atoms with Gasteiger partial charge < -0.3 is 15.6 Å². The van der Waals surface area contributed by atoms with Crippen LogP contribution in [-0.2, 0) is 4.79 Å². The van der Waals surface area contributed by atoms with Crippen LogP contribution < -0.4 is 15.4 Å². The number of phenolic OH excluding ortho intramolecular Hbond substituents is 1. The Hall–Kier alpha value is -3.72. The molecule has 31 heavy (non-hydrogen) atoms. The number of Topliss-reactive ketones (excluding diaryl/α,β-unsaturated/α-hetero) is 1. The Morgan fingerprint density at radius 1 is 1.19 bits per heavy atom. The second-order valence-electron chi connectivity index (χ2n) is 8.75. The first-order valence-corrected chi connectivity index (χ1v) is 10.2. The molecule has 0 saturated heterocycles. The molecule has 158 valence electrons. The molecule has 6 nitrogen and oxygen atoms in total. The Bertz CT molecular complexity index is 1160. The molecule has 0 unspecified atom stereocenters. The standard InChI is InChI=1S/C25H25N3O3/c1-25(2)12-18-23(20(30)13-25)22(15-9-10-19(29)21(11-15)31-3)17(14-26)24(27)28(18)16-7-5-4-6-8-16/h4-11,22,29H,12-13,27H2,1-3H3/t22-/m1/s1. The van der Waals surface area contributed by atoms with Crippen LogP contribution in [-0.4, -0.2) is 18.0 Å². The summed E-state index contributed by atoms with van der Waals surface area (Å²) in [6.07, 6.45) is 1.03.